The standard InChI is InChI=1S/C16H16BrN/c1-12(2)14-8-4-6-10-16(14)18-11-13-7-3-5-9-15(13)17/h3-12H,1-2H3. The number of hydrogen-bond acceptors (Lipinski definition) is 1. The van der Waals surface area contributed by atoms with Crippen LogP contribution in [0.4, 0.5) is 5.69 Å². The van der Waals surface area contributed by atoms with Gasteiger partial charge in [-0.15, -0.1) is 0 Å². The van der Waals surface area contributed by atoms with Gasteiger partial charge in [0.05, 0.1) is 5.69 Å². The molecule has 0 heterocycles. The highest BCUT2D eigenvalue weighted by Gasteiger charge is 2.04. The van der Waals surface area contributed by atoms with Crippen molar-refractivity contribution < 1.29 is 0 Å². The van der Waals surface area contributed by atoms with Crippen LogP contribution in [0.3, 0.4) is 0 Å². The lowest BCUT2D eigenvalue weighted by atomic mass is 10.0. The van der Waals surface area contributed by atoms with Crippen LogP contribution in [0.2, 0.25) is 0 Å². The molecule has 1 nitrogen and oxygen atoms in total. The molecule has 2 aromatic rings. The van der Waals surface area contributed by atoms with E-state index in [1.807, 2.05) is 36.5 Å². The quantitative estimate of drug-likeness (QED) is 0.680. The summed E-state index contributed by atoms with van der Waals surface area (Å²) in [7, 11) is 0. The molecule has 0 radical (unpaired) electrons. The summed E-state index contributed by atoms with van der Waals surface area (Å²) < 4.78 is 1.07. The van der Waals surface area contributed by atoms with E-state index in [2.05, 4.69) is 53.0 Å². The molecule has 0 aliphatic rings. The summed E-state index contributed by atoms with van der Waals surface area (Å²) >= 11 is 3.53. The van der Waals surface area contributed by atoms with Crippen LogP contribution in [0.25, 0.3) is 0 Å². The lowest BCUT2D eigenvalue weighted by Gasteiger charge is -2.08. The molecule has 0 N–H and O–H groups in total. The van der Waals surface area contributed by atoms with E-state index in [4.69, 9.17) is 0 Å². The molecule has 0 atom stereocenters. The van der Waals surface area contributed by atoms with Gasteiger partial charge in [0.1, 0.15) is 0 Å². The fourth-order valence-corrected chi connectivity index (χ4v) is 2.20. The first-order valence-electron chi connectivity index (χ1n) is 6.06. The Morgan fingerprint density at radius 2 is 1.67 bits per heavy atom. The highest BCUT2D eigenvalue weighted by molar-refractivity contribution is 9.10. The first kappa shape index (κ1) is 13.0. The minimum absolute atomic E-state index is 0.484. The Morgan fingerprint density at radius 3 is 2.39 bits per heavy atom. The molecule has 2 heteroatoms. The maximum absolute atomic E-state index is 4.60. The topological polar surface area (TPSA) is 12.4 Å². The van der Waals surface area contributed by atoms with E-state index in [0.717, 1.165) is 15.7 Å². The predicted molar refractivity (Wildman–Crippen MR) is 81.9 cm³/mol. The maximum atomic E-state index is 4.60. The van der Waals surface area contributed by atoms with E-state index in [1.165, 1.54) is 5.56 Å². The molecule has 0 aromatic heterocycles. The van der Waals surface area contributed by atoms with Crippen molar-refractivity contribution in [3.63, 3.8) is 0 Å². The average Bonchev–Trinajstić information content (AvgIpc) is 2.38. The van der Waals surface area contributed by atoms with Gasteiger partial charge in [-0.2, -0.15) is 0 Å². The van der Waals surface area contributed by atoms with E-state index in [1.54, 1.807) is 0 Å². The van der Waals surface area contributed by atoms with Crippen molar-refractivity contribution in [1.29, 1.82) is 0 Å². The number of aliphatic imine (C=N–C) groups is 1. The molecule has 0 spiro atoms. The summed E-state index contributed by atoms with van der Waals surface area (Å²) in [6, 6.07) is 16.4. The van der Waals surface area contributed by atoms with Crippen molar-refractivity contribution in [2.24, 2.45) is 4.99 Å². The molecular formula is C16H16BrN. The van der Waals surface area contributed by atoms with Crippen molar-refractivity contribution in [3.05, 3.63) is 64.1 Å². The zero-order valence-electron chi connectivity index (χ0n) is 10.6. The van der Waals surface area contributed by atoms with Crippen LogP contribution in [-0.2, 0) is 0 Å². The molecule has 0 amide bonds. The Morgan fingerprint density at radius 1 is 1.00 bits per heavy atom. The van der Waals surface area contributed by atoms with E-state index in [-0.39, 0.29) is 0 Å². The molecule has 0 aliphatic heterocycles. The fraction of sp³-hybridized carbons (Fsp3) is 0.188. The highest BCUT2D eigenvalue weighted by Crippen LogP contribution is 2.26. The van der Waals surface area contributed by atoms with Crippen molar-refractivity contribution in [3.8, 4) is 0 Å². The average molecular weight is 302 g/mol. The summed E-state index contributed by atoms with van der Waals surface area (Å²) in [5.41, 5.74) is 3.42. The molecule has 0 bridgehead atoms. The van der Waals surface area contributed by atoms with Crippen LogP contribution in [0.15, 0.2) is 58.0 Å². The second-order valence-corrected chi connectivity index (χ2v) is 5.35. The Hall–Kier alpha value is -1.41. The van der Waals surface area contributed by atoms with Gasteiger partial charge in [0, 0.05) is 16.3 Å². The number of hydrogen-bond donors (Lipinski definition) is 0. The summed E-state index contributed by atoms with van der Waals surface area (Å²) in [6.07, 6.45) is 1.91. The maximum Gasteiger partial charge on any atom is 0.0664 e. The van der Waals surface area contributed by atoms with Crippen molar-refractivity contribution in [2.75, 3.05) is 0 Å². The first-order chi connectivity index (χ1) is 8.68. The predicted octanol–water partition coefficient (Wildman–Crippen LogP) is 5.32. The molecule has 0 saturated carbocycles. The van der Waals surface area contributed by atoms with Gasteiger partial charge in [0.25, 0.3) is 0 Å². The zero-order valence-corrected chi connectivity index (χ0v) is 12.2. The summed E-state index contributed by atoms with van der Waals surface area (Å²) in [5, 5.41) is 0. The Bertz CT molecular complexity index is 559. The normalized spacial score (nSPS) is 11.3. The van der Waals surface area contributed by atoms with Gasteiger partial charge in [-0.3, -0.25) is 4.99 Å². The van der Waals surface area contributed by atoms with E-state index in [0.29, 0.717) is 5.92 Å². The van der Waals surface area contributed by atoms with Crippen molar-refractivity contribution in [1.82, 2.24) is 0 Å². The number of halogens is 1. The second-order valence-electron chi connectivity index (χ2n) is 4.49. The van der Waals surface area contributed by atoms with Crippen molar-refractivity contribution >= 4 is 27.8 Å². The molecule has 0 aliphatic carbocycles. The largest absolute Gasteiger partial charge is 0.256 e. The van der Waals surface area contributed by atoms with Gasteiger partial charge >= 0.3 is 0 Å². The van der Waals surface area contributed by atoms with Crippen molar-refractivity contribution in [2.45, 2.75) is 19.8 Å². The van der Waals surface area contributed by atoms with Gasteiger partial charge in [0.2, 0.25) is 0 Å². The van der Waals surface area contributed by atoms with E-state index >= 15 is 0 Å². The molecule has 0 unspecified atom stereocenters. The number of benzene rings is 2. The van der Waals surface area contributed by atoms with Gasteiger partial charge in [-0.1, -0.05) is 66.2 Å². The Balaban J connectivity index is 2.32. The zero-order chi connectivity index (χ0) is 13.0. The van der Waals surface area contributed by atoms with E-state index < -0.39 is 0 Å². The van der Waals surface area contributed by atoms with Gasteiger partial charge in [-0.05, 0) is 23.6 Å². The molecule has 0 saturated heterocycles. The molecular weight excluding hydrogens is 286 g/mol. The molecule has 92 valence electrons. The SMILES string of the molecule is CC(C)c1ccccc1N=Cc1ccccc1Br. The molecule has 2 rings (SSSR count). The minimum Gasteiger partial charge on any atom is -0.256 e. The lowest BCUT2D eigenvalue weighted by Crippen LogP contribution is -1.88. The van der Waals surface area contributed by atoms with Crippen LogP contribution in [-0.4, -0.2) is 6.21 Å². The Labute approximate surface area is 117 Å². The van der Waals surface area contributed by atoms with Crippen LogP contribution < -0.4 is 0 Å². The molecule has 18 heavy (non-hydrogen) atoms. The second kappa shape index (κ2) is 5.96. The van der Waals surface area contributed by atoms with Crippen LogP contribution >= 0.6 is 15.9 Å². The molecule has 2 aromatic carbocycles. The minimum atomic E-state index is 0.484. The lowest BCUT2D eigenvalue weighted by molar-refractivity contribution is 0.867. The Kier molecular flexibility index (Phi) is 4.32. The first-order valence-corrected chi connectivity index (χ1v) is 6.85. The number of rotatable bonds is 3. The third-order valence-corrected chi connectivity index (χ3v) is 3.53. The van der Waals surface area contributed by atoms with Crippen LogP contribution in [0.1, 0.15) is 30.9 Å². The monoisotopic (exact) mass is 301 g/mol. The summed E-state index contributed by atoms with van der Waals surface area (Å²) in [4.78, 5) is 4.60. The van der Waals surface area contributed by atoms with Crippen LogP contribution in [0, 0.1) is 0 Å². The third kappa shape index (κ3) is 3.08. The summed E-state index contributed by atoms with van der Waals surface area (Å²) in [5.74, 6) is 0.484. The number of nitrogens with zero attached hydrogens (tertiary/aromatic N) is 1. The highest BCUT2D eigenvalue weighted by atomic mass is 79.9. The van der Waals surface area contributed by atoms with E-state index in [9.17, 15) is 0 Å². The van der Waals surface area contributed by atoms with Gasteiger partial charge in [-0.25, -0.2) is 0 Å². The van der Waals surface area contributed by atoms with Gasteiger partial charge < -0.3 is 0 Å². The smallest absolute Gasteiger partial charge is 0.0664 e. The number of para-hydroxylation sites is 1. The third-order valence-electron chi connectivity index (χ3n) is 2.81. The molecule has 0 fully saturated rings. The van der Waals surface area contributed by atoms with Crippen LogP contribution in [0.5, 0.6) is 0 Å². The van der Waals surface area contributed by atoms with Gasteiger partial charge in [0.15, 0.2) is 0 Å². The summed E-state index contributed by atoms with van der Waals surface area (Å²) in [6.45, 7) is 4.37. The fourth-order valence-electron chi connectivity index (χ4n) is 1.81.